The molecule has 0 bridgehead atoms. The van der Waals surface area contributed by atoms with Crippen molar-refractivity contribution < 1.29 is 4.74 Å². The molecule has 1 aromatic heterocycles. The molecule has 2 heterocycles. The molecular weight excluding hydrogens is 218 g/mol. The molecule has 1 unspecified atom stereocenters. The first-order valence-electron chi connectivity index (χ1n) is 6.28. The molecule has 0 aromatic carbocycles. The molecule has 0 spiro atoms. The van der Waals surface area contributed by atoms with Gasteiger partial charge in [-0.25, -0.2) is 0 Å². The van der Waals surface area contributed by atoms with Crippen molar-refractivity contribution in [3.05, 3.63) is 21.9 Å². The van der Waals surface area contributed by atoms with Gasteiger partial charge in [0.15, 0.2) is 0 Å². The van der Waals surface area contributed by atoms with Crippen LogP contribution in [0.15, 0.2) is 12.1 Å². The Bertz CT molecular complexity index is 305. The van der Waals surface area contributed by atoms with Gasteiger partial charge in [0.05, 0.1) is 6.10 Å². The second-order valence-corrected chi connectivity index (χ2v) is 5.59. The van der Waals surface area contributed by atoms with Crippen molar-refractivity contribution in [3.63, 3.8) is 0 Å². The highest BCUT2D eigenvalue weighted by molar-refractivity contribution is 7.11. The Morgan fingerprint density at radius 3 is 2.94 bits per heavy atom. The van der Waals surface area contributed by atoms with Crippen molar-refractivity contribution in [2.45, 2.75) is 45.3 Å². The van der Waals surface area contributed by atoms with Gasteiger partial charge in [0.2, 0.25) is 0 Å². The van der Waals surface area contributed by atoms with Crippen LogP contribution in [0.2, 0.25) is 0 Å². The number of ether oxygens (including phenoxy) is 1. The van der Waals surface area contributed by atoms with Crippen LogP contribution in [0.1, 0.15) is 35.9 Å². The van der Waals surface area contributed by atoms with E-state index in [2.05, 4.69) is 24.4 Å². The molecule has 2 rings (SSSR count). The van der Waals surface area contributed by atoms with E-state index in [1.807, 2.05) is 11.3 Å². The number of hydrogen-bond donors (Lipinski definition) is 1. The molecule has 1 N–H and O–H groups in total. The molecule has 0 aliphatic carbocycles. The van der Waals surface area contributed by atoms with Gasteiger partial charge in [0.25, 0.3) is 0 Å². The maximum Gasteiger partial charge on any atom is 0.0699 e. The fraction of sp³-hybridized carbons (Fsp3) is 0.692. The lowest BCUT2D eigenvalue weighted by atomic mass is 10.1. The molecule has 0 radical (unpaired) electrons. The zero-order valence-corrected chi connectivity index (χ0v) is 10.8. The van der Waals surface area contributed by atoms with E-state index in [4.69, 9.17) is 4.74 Å². The van der Waals surface area contributed by atoms with Gasteiger partial charge in [-0.3, -0.25) is 0 Å². The normalized spacial score (nSPS) is 21.2. The molecule has 1 fully saturated rings. The summed E-state index contributed by atoms with van der Waals surface area (Å²) in [4.78, 5) is 2.92. The zero-order valence-electron chi connectivity index (χ0n) is 10.00. The minimum Gasteiger partial charge on any atom is -0.377 e. The summed E-state index contributed by atoms with van der Waals surface area (Å²) < 4.78 is 5.68. The third-order valence-corrected chi connectivity index (χ3v) is 4.24. The Hall–Kier alpha value is -0.380. The highest BCUT2D eigenvalue weighted by Gasteiger charge is 2.12. The first-order valence-corrected chi connectivity index (χ1v) is 7.10. The fourth-order valence-electron chi connectivity index (χ4n) is 2.03. The van der Waals surface area contributed by atoms with Gasteiger partial charge in [-0.1, -0.05) is 6.92 Å². The van der Waals surface area contributed by atoms with Gasteiger partial charge in [-0.05, 0) is 37.8 Å². The molecule has 90 valence electrons. The van der Waals surface area contributed by atoms with Crippen molar-refractivity contribution in [1.82, 2.24) is 5.32 Å². The van der Waals surface area contributed by atoms with Crippen LogP contribution in [-0.2, 0) is 17.7 Å². The predicted molar refractivity (Wildman–Crippen MR) is 69.0 cm³/mol. The quantitative estimate of drug-likeness (QED) is 0.853. The summed E-state index contributed by atoms with van der Waals surface area (Å²) in [7, 11) is 0. The van der Waals surface area contributed by atoms with Crippen LogP contribution < -0.4 is 5.32 Å². The topological polar surface area (TPSA) is 21.3 Å². The number of hydrogen-bond acceptors (Lipinski definition) is 3. The van der Waals surface area contributed by atoms with Crippen molar-refractivity contribution in [2.24, 2.45) is 0 Å². The first-order chi connectivity index (χ1) is 7.88. The van der Waals surface area contributed by atoms with E-state index in [1.165, 1.54) is 29.0 Å². The average molecular weight is 239 g/mol. The van der Waals surface area contributed by atoms with Gasteiger partial charge < -0.3 is 10.1 Å². The van der Waals surface area contributed by atoms with E-state index in [9.17, 15) is 0 Å². The lowest BCUT2D eigenvalue weighted by Crippen LogP contribution is -2.31. The Labute approximate surface area is 102 Å². The number of thiophene rings is 1. The summed E-state index contributed by atoms with van der Waals surface area (Å²) in [6.45, 7) is 5.15. The molecule has 1 aromatic rings. The van der Waals surface area contributed by atoms with E-state index in [-0.39, 0.29) is 0 Å². The summed E-state index contributed by atoms with van der Waals surface area (Å²) in [5.74, 6) is 0. The second kappa shape index (κ2) is 6.38. The monoisotopic (exact) mass is 239 g/mol. The molecule has 1 aliphatic rings. The van der Waals surface area contributed by atoms with Gasteiger partial charge in [0, 0.05) is 29.5 Å². The smallest absolute Gasteiger partial charge is 0.0699 e. The molecule has 1 atom stereocenters. The van der Waals surface area contributed by atoms with Crippen molar-refractivity contribution in [3.8, 4) is 0 Å². The summed E-state index contributed by atoms with van der Waals surface area (Å²) in [5.41, 5.74) is 0. The minimum atomic E-state index is 0.444. The number of rotatable bonds is 5. The van der Waals surface area contributed by atoms with E-state index >= 15 is 0 Å². The van der Waals surface area contributed by atoms with Crippen LogP contribution in [0.3, 0.4) is 0 Å². The van der Waals surface area contributed by atoms with Crippen LogP contribution in [-0.4, -0.2) is 19.3 Å². The van der Waals surface area contributed by atoms with Crippen molar-refractivity contribution in [2.75, 3.05) is 13.2 Å². The highest BCUT2D eigenvalue weighted by atomic mass is 32.1. The summed E-state index contributed by atoms with van der Waals surface area (Å²) in [6, 6.07) is 4.47. The highest BCUT2D eigenvalue weighted by Crippen LogP contribution is 2.17. The minimum absolute atomic E-state index is 0.444. The molecule has 0 saturated carbocycles. The lowest BCUT2D eigenvalue weighted by Gasteiger charge is -2.22. The summed E-state index contributed by atoms with van der Waals surface area (Å²) in [5, 5.41) is 3.49. The van der Waals surface area contributed by atoms with Crippen LogP contribution in [0, 0.1) is 0 Å². The predicted octanol–water partition coefficient (Wildman–Crippen LogP) is 2.97. The Morgan fingerprint density at radius 1 is 1.38 bits per heavy atom. The Kier molecular flexibility index (Phi) is 4.82. The van der Waals surface area contributed by atoms with Crippen molar-refractivity contribution >= 4 is 11.3 Å². The van der Waals surface area contributed by atoms with E-state index in [0.29, 0.717) is 6.10 Å². The zero-order chi connectivity index (χ0) is 11.2. The second-order valence-electron chi connectivity index (χ2n) is 4.34. The Morgan fingerprint density at radius 2 is 2.25 bits per heavy atom. The molecule has 16 heavy (non-hydrogen) atoms. The maximum atomic E-state index is 5.68. The van der Waals surface area contributed by atoms with E-state index in [1.54, 1.807) is 0 Å². The molecular formula is C13H21NOS. The van der Waals surface area contributed by atoms with Gasteiger partial charge >= 0.3 is 0 Å². The molecule has 3 heteroatoms. The fourth-order valence-corrected chi connectivity index (χ4v) is 2.96. The summed E-state index contributed by atoms with van der Waals surface area (Å²) in [6.07, 6.45) is 5.38. The van der Waals surface area contributed by atoms with Gasteiger partial charge in [0.1, 0.15) is 0 Å². The third kappa shape index (κ3) is 3.58. The van der Waals surface area contributed by atoms with Gasteiger partial charge in [-0.2, -0.15) is 0 Å². The standard InChI is InChI=1S/C13H21NOS/c1-2-12-6-7-13(16-12)10-14-9-11-5-3-4-8-15-11/h6-7,11,14H,2-5,8-10H2,1H3. The van der Waals surface area contributed by atoms with E-state index < -0.39 is 0 Å². The SMILES string of the molecule is CCc1ccc(CNCC2CCCCO2)s1. The Balaban J connectivity index is 1.66. The van der Waals surface area contributed by atoms with Gasteiger partial charge in [-0.15, -0.1) is 11.3 Å². The third-order valence-electron chi connectivity index (χ3n) is 3.01. The molecule has 0 amide bonds. The molecule has 1 aliphatic heterocycles. The number of aryl methyl sites for hydroxylation is 1. The first kappa shape index (κ1) is 12.1. The van der Waals surface area contributed by atoms with Crippen molar-refractivity contribution in [1.29, 1.82) is 0 Å². The molecule has 2 nitrogen and oxygen atoms in total. The lowest BCUT2D eigenvalue weighted by molar-refractivity contribution is 0.0168. The molecule has 1 saturated heterocycles. The van der Waals surface area contributed by atoms with Crippen LogP contribution in [0.25, 0.3) is 0 Å². The number of nitrogens with one attached hydrogen (secondary N) is 1. The largest absolute Gasteiger partial charge is 0.377 e. The van der Waals surface area contributed by atoms with Crippen LogP contribution in [0.5, 0.6) is 0 Å². The van der Waals surface area contributed by atoms with Crippen LogP contribution >= 0.6 is 11.3 Å². The average Bonchev–Trinajstić information content (AvgIpc) is 2.78. The summed E-state index contributed by atoms with van der Waals surface area (Å²) >= 11 is 1.92. The van der Waals surface area contributed by atoms with E-state index in [0.717, 1.165) is 26.1 Å². The van der Waals surface area contributed by atoms with Crippen LogP contribution in [0.4, 0.5) is 0 Å². The maximum absolute atomic E-state index is 5.68.